The molecule has 0 nitrogen and oxygen atoms in total. The minimum Gasteiger partial charge on any atom is -0.0912 e. The van der Waals surface area contributed by atoms with Crippen LogP contribution in [-0.4, -0.2) is 0 Å². The lowest BCUT2D eigenvalue weighted by molar-refractivity contribution is 1.52. The molecule has 0 unspecified atom stereocenters. The molecule has 0 fully saturated rings. The smallest absolute Gasteiger partial charge is 0.0112 e. The third-order valence-corrected chi connectivity index (χ3v) is 2.36. The van der Waals surface area contributed by atoms with E-state index in [1.54, 1.807) is 0 Å². The van der Waals surface area contributed by atoms with Crippen molar-refractivity contribution in [2.45, 2.75) is 0 Å². The molecule has 0 heterocycles. The third-order valence-electron chi connectivity index (χ3n) is 2.36. The maximum Gasteiger partial charge on any atom is -0.0112 e. The van der Waals surface area contributed by atoms with Crippen molar-refractivity contribution in [3.05, 3.63) is 59.0 Å². The Balaban J connectivity index is 2.70. The van der Waals surface area contributed by atoms with E-state index in [1.165, 1.54) is 5.56 Å². The van der Waals surface area contributed by atoms with E-state index in [0.29, 0.717) is 0 Å². The fraction of sp³-hybridized carbons (Fsp3) is 0. The second-order valence-electron chi connectivity index (χ2n) is 3.31. The molecule has 0 N–H and O–H groups in total. The Kier molecular flexibility index (Phi) is 2.19. The maximum absolute atomic E-state index is 4.03. The molecule has 0 aliphatic rings. The molecule has 0 aliphatic heterocycles. The van der Waals surface area contributed by atoms with E-state index in [0.717, 1.165) is 16.0 Å². The van der Waals surface area contributed by atoms with Crippen LogP contribution in [0.3, 0.4) is 0 Å². The van der Waals surface area contributed by atoms with Crippen molar-refractivity contribution < 1.29 is 0 Å². The molecule has 2 aromatic carbocycles. The summed E-state index contributed by atoms with van der Waals surface area (Å²) in [6, 6.07) is 16.3. The van der Waals surface area contributed by atoms with E-state index in [1.807, 2.05) is 30.3 Å². The van der Waals surface area contributed by atoms with Gasteiger partial charge in [0.05, 0.1) is 0 Å². The zero-order valence-electron chi connectivity index (χ0n) is 8.03. The summed E-state index contributed by atoms with van der Waals surface area (Å²) in [4.78, 5) is 0. The normalized spacial score (nSPS) is 10.0. The Bertz CT molecular complexity index is 524. The van der Waals surface area contributed by atoms with Crippen molar-refractivity contribution in [3.8, 4) is 11.1 Å². The predicted molar refractivity (Wildman–Crippen MR) is 62.2 cm³/mol. The van der Waals surface area contributed by atoms with Crippen LogP contribution in [0.1, 0.15) is 0 Å². The number of hydrogen-bond acceptors (Lipinski definition) is 0. The highest BCUT2D eigenvalue weighted by atomic mass is 14.0. The molecule has 14 heavy (non-hydrogen) atoms. The van der Waals surface area contributed by atoms with Crippen molar-refractivity contribution >= 4 is 13.2 Å². The van der Waals surface area contributed by atoms with E-state index in [9.17, 15) is 0 Å². The molecule has 0 heteroatoms. The molecule has 0 saturated carbocycles. The van der Waals surface area contributed by atoms with Gasteiger partial charge in [0.25, 0.3) is 0 Å². The first-order valence-electron chi connectivity index (χ1n) is 4.61. The van der Waals surface area contributed by atoms with Gasteiger partial charge in [-0.3, -0.25) is 0 Å². The van der Waals surface area contributed by atoms with Gasteiger partial charge < -0.3 is 0 Å². The number of hydrogen-bond donors (Lipinski definition) is 0. The SMILES string of the molecule is C=c1cccc(-c2ccccc2)c1=C. The van der Waals surface area contributed by atoms with Gasteiger partial charge in [-0.25, -0.2) is 0 Å². The van der Waals surface area contributed by atoms with Gasteiger partial charge in [0.1, 0.15) is 0 Å². The van der Waals surface area contributed by atoms with Gasteiger partial charge in [-0.1, -0.05) is 61.7 Å². The highest BCUT2D eigenvalue weighted by Crippen LogP contribution is 2.12. The molecule has 68 valence electrons. The maximum atomic E-state index is 4.03. The number of rotatable bonds is 1. The lowest BCUT2D eigenvalue weighted by Gasteiger charge is -2.01. The van der Waals surface area contributed by atoms with Crippen LogP contribution in [0.2, 0.25) is 0 Å². The van der Waals surface area contributed by atoms with Crippen LogP contribution in [0.4, 0.5) is 0 Å². The summed E-state index contributed by atoms with van der Waals surface area (Å²) < 4.78 is 0. The van der Waals surface area contributed by atoms with Gasteiger partial charge in [0, 0.05) is 0 Å². The van der Waals surface area contributed by atoms with Crippen molar-refractivity contribution in [1.82, 2.24) is 0 Å². The van der Waals surface area contributed by atoms with Gasteiger partial charge in [0.2, 0.25) is 0 Å². The Morgan fingerprint density at radius 2 is 1.43 bits per heavy atom. The zero-order chi connectivity index (χ0) is 9.97. The lowest BCUT2D eigenvalue weighted by atomic mass is 10.0. The molecule has 0 aromatic heterocycles. The Morgan fingerprint density at radius 1 is 0.714 bits per heavy atom. The summed E-state index contributed by atoms with van der Waals surface area (Å²) in [6.45, 7) is 7.98. The van der Waals surface area contributed by atoms with Crippen LogP contribution >= 0.6 is 0 Å². The minimum absolute atomic E-state index is 0.992. The van der Waals surface area contributed by atoms with Gasteiger partial charge >= 0.3 is 0 Å². The zero-order valence-corrected chi connectivity index (χ0v) is 8.03. The highest BCUT2D eigenvalue weighted by molar-refractivity contribution is 5.64. The second-order valence-corrected chi connectivity index (χ2v) is 3.31. The molecule has 0 radical (unpaired) electrons. The summed E-state index contributed by atoms with van der Waals surface area (Å²) in [7, 11) is 0. The van der Waals surface area contributed by atoms with E-state index in [2.05, 4.69) is 31.4 Å². The lowest BCUT2D eigenvalue weighted by Crippen LogP contribution is -2.22. The van der Waals surface area contributed by atoms with Crippen molar-refractivity contribution in [1.29, 1.82) is 0 Å². The molecule has 0 aliphatic carbocycles. The summed E-state index contributed by atoms with van der Waals surface area (Å²) in [5.74, 6) is 0. The van der Waals surface area contributed by atoms with Crippen LogP contribution < -0.4 is 10.4 Å². The highest BCUT2D eigenvalue weighted by Gasteiger charge is 1.96. The third kappa shape index (κ3) is 1.47. The number of benzene rings is 2. The van der Waals surface area contributed by atoms with E-state index < -0.39 is 0 Å². The Labute approximate surface area is 83.8 Å². The fourth-order valence-corrected chi connectivity index (χ4v) is 1.52. The summed E-state index contributed by atoms with van der Waals surface area (Å²) >= 11 is 0. The first-order chi connectivity index (χ1) is 6.79. The van der Waals surface area contributed by atoms with E-state index in [4.69, 9.17) is 0 Å². The molecular weight excluding hydrogens is 168 g/mol. The fourth-order valence-electron chi connectivity index (χ4n) is 1.52. The average Bonchev–Trinajstić information content (AvgIpc) is 2.23. The standard InChI is InChI=1S/C14H12/c1-11-7-6-10-14(12(11)2)13-8-4-3-5-9-13/h3-10H,1-2H2. The molecule has 2 rings (SSSR count). The van der Waals surface area contributed by atoms with Crippen LogP contribution in [0.5, 0.6) is 0 Å². The monoisotopic (exact) mass is 180 g/mol. The first kappa shape index (κ1) is 8.76. The van der Waals surface area contributed by atoms with Crippen LogP contribution in [0.25, 0.3) is 24.3 Å². The van der Waals surface area contributed by atoms with Gasteiger partial charge in [-0.15, -0.1) is 0 Å². The van der Waals surface area contributed by atoms with E-state index in [-0.39, 0.29) is 0 Å². The topological polar surface area (TPSA) is 0 Å². The van der Waals surface area contributed by atoms with Crippen LogP contribution in [0.15, 0.2) is 48.5 Å². The van der Waals surface area contributed by atoms with Crippen molar-refractivity contribution in [3.63, 3.8) is 0 Å². The molecular formula is C14H12. The quantitative estimate of drug-likeness (QED) is 0.631. The van der Waals surface area contributed by atoms with Gasteiger partial charge in [-0.2, -0.15) is 0 Å². The minimum atomic E-state index is 0.992. The van der Waals surface area contributed by atoms with Crippen LogP contribution in [-0.2, 0) is 0 Å². The van der Waals surface area contributed by atoms with Crippen molar-refractivity contribution in [2.24, 2.45) is 0 Å². The Morgan fingerprint density at radius 3 is 2.14 bits per heavy atom. The van der Waals surface area contributed by atoms with Crippen molar-refractivity contribution in [2.75, 3.05) is 0 Å². The summed E-state index contributed by atoms with van der Waals surface area (Å²) in [5.41, 5.74) is 2.36. The van der Waals surface area contributed by atoms with E-state index >= 15 is 0 Å². The van der Waals surface area contributed by atoms with Crippen LogP contribution in [0, 0.1) is 0 Å². The summed E-state index contributed by atoms with van der Waals surface area (Å²) in [5, 5.41) is 2.00. The van der Waals surface area contributed by atoms with Gasteiger partial charge in [0.15, 0.2) is 0 Å². The molecule has 2 aromatic rings. The predicted octanol–water partition coefficient (Wildman–Crippen LogP) is 2.17. The first-order valence-corrected chi connectivity index (χ1v) is 4.61. The molecule has 0 bridgehead atoms. The molecule has 0 amide bonds. The average molecular weight is 180 g/mol. The Hall–Kier alpha value is -1.82. The van der Waals surface area contributed by atoms with Gasteiger partial charge in [-0.05, 0) is 21.6 Å². The largest absolute Gasteiger partial charge is 0.0912 e. The molecule has 0 atom stereocenters. The molecule has 0 saturated heterocycles. The molecule has 0 spiro atoms. The second kappa shape index (κ2) is 3.51. The summed E-state index contributed by atoms with van der Waals surface area (Å²) in [6.07, 6.45) is 0.